The van der Waals surface area contributed by atoms with E-state index >= 15 is 0 Å². The molecule has 2 aromatic heterocycles. The van der Waals surface area contributed by atoms with Gasteiger partial charge in [0.2, 0.25) is 5.89 Å². The van der Waals surface area contributed by atoms with Crippen molar-refractivity contribution in [2.45, 2.75) is 51.5 Å². The van der Waals surface area contributed by atoms with E-state index in [4.69, 9.17) is 4.52 Å². The molecule has 0 saturated heterocycles. The highest BCUT2D eigenvalue weighted by molar-refractivity contribution is 5.93. The summed E-state index contributed by atoms with van der Waals surface area (Å²) in [5, 5.41) is 13.9. The minimum absolute atomic E-state index is 0.183. The molecule has 2 aliphatic rings. The normalized spacial score (nSPS) is 20.7. The molecule has 0 radical (unpaired) electrons. The van der Waals surface area contributed by atoms with Crippen LogP contribution in [-0.4, -0.2) is 26.2 Å². The van der Waals surface area contributed by atoms with Crippen LogP contribution >= 0.6 is 0 Å². The number of nitrogens with zero attached hydrogens (tertiary/aromatic N) is 3. The summed E-state index contributed by atoms with van der Waals surface area (Å²) >= 11 is 0. The zero-order valence-electron chi connectivity index (χ0n) is 12.6. The van der Waals surface area contributed by atoms with Gasteiger partial charge in [-0.1, -0.05) is 12.1 Å². The number of carbonyl (C=O) groups is 1. The standard InChI is InChI=1S/C15H19N5O2/c1-8-2-5-11-10(6-8)13(19-18-11)15(21)16-7-12-17-14(20-22-12)9-3-4-9/h8-9H,2-7H2,1H3,(H,16,21)(H,18,19)/t8-/m1/s1. The lowest BCUT2D eigenvalue weighted by atomic mass is 9.88. The summed E-state index contributed by atoms with van der Waals surface area (Å²) in [5.74, 6) is 2.07. The summed E-state index contributed by atoms with van der Waals surface area (Å²) < 4.78 is 5.16. The number of amides is 1. The number of aromatic amines is 1. The van der Waals surface area contributed by atoms with E-state index in [1.807, 2.05) is 0 Å². The molecule has 0 unspecified atom stereocenters. The topological polar surface area (TPSA) is 96.7 Å². The average Bonchev–Trinajstić information content (AvgIpc) is 3.11. The lowest BCUT2D eigenvalue weighted by Gasteiger charge is -2.17. The van der Waals surface area contributed by atoms with Crippen LogP contribution in [0.3, 0.4) is 0 Å². The van der Waals surface area contributed by atoms with E-state index in [-0.39, 0.29) is 12.5 Å². The quantitative estimate of drug-likeness (QED) is 0.896. The summed E-state index contributed by atoms with van der Waals surface area (Å²) in [6, 6.07) is 0. The first-order chi connectivity index (χ1) is 10.7. The molecule has 22 heavy (non-hydrogen) atoms. The maximum absolute atomic E-state index is 12.3. The van der Waals surface area contributed by atoms with Gasteiger partial charge in [0.25, 0.3) is 5.91 Å². The third-order valence-corrected chi connectivity index (χ3v) is 4.43. The molecule has 7 heteroatoms. The molecule has 1 amide bonds. The van der Waals surface area contributed by atoms with Crippen molar-refractivity contribution in [2.75, 3.05) is 0 Å². The third-order valence-electron chi connectivity index (χ3n) is 4.43. The zero-order valence-corrected chi connectivity index (χ0v) is 12.6. The molecule has 2 heterocycles. The van der Waals surface area contributed by atoms with Crippen LogP contribution in [0.1, 0.15) is 65.6 Å². The lowest BCUT2D eigenvalue weighted by molar-refractivity contribution is 0.0940. The van der Waals surface area contributed by atoms with Crippen molar-refractivity contribution in [3.8, 4) is 0 Å². The molecule has 0 spiro atoms. The van der Waals surface area contributed by atoms with Crippen LogP contribution in [-0.2, 0) is 19.4 Å². The highest BCUT2D eigenvalue weighted by atomic mass is 16.5. The van der Waals surface area contributed by atoms with Crippen molar-refractivity contribution in [3.63, 3.8) is 0 Å². The monoisotopic (exact) mass is 301 g/mol. The Kier molecular flexibility index (Phi) is 3.20. The van der Waals surface area contributed by atoms with E-state index in [9.17, 15) is 4.79 Å². The maximum atomic E-state index is 12.3. The van der Waals surface area contributed by atoms with E-state index < -0.39 is 0 Å². The van der Waals surface area contributed by atoms with Gasteiger partial charge in [-0.2, -0.15) is 10.1 Å². The Morgan fingerprint density at radius 3 is 3.09 bits per heavy atom. The van der Waals surface area contributed by atoms with Gasteiger partial charge in [-0.15, -0.1) is 0 Å². The predicted octanol–water partition coefficient (Wildman–Crippen LogP) is 1.72. The first-order valence-electron chi connectivity index (χ1n) is 7.87. The Morgan fingerprint density at radius 2 is 2.27 bits per heavy atom. The first-order valence-corrected chi connectivity index (χ1v) is 7.87. The number of H-pyrrole nitrogens is 1. The number of aromatic nitrogens is 4. The number of aryl methyl sites for hydroxylation is 1. The highest BCUT2D eigenvalue weighted by Crippen LogP contribution is 2.38. The molecular formula is C15H19N5O2. The Hall–Kier alpha value is -2.18. The van der Waals surface area contributed by atoms with Crippen LogP contribution in [0.15, 0.2) is 4.52 Å². The van der Waals surface area contributed by atoms with Gasteiger partial charge in [0, 0.05) is 17.2 Å². The summed E-state index contributed by atoms with van der Waals surface area (Å²) in [4.78, 5) is 16.6. The minimum Gasteiger partial charge on any atom is -0.342 e. The fourth-order valence-corrected chi connectivity index (χ4v) is 2.94. The van der Waals surface area contributed by atoms with Crippen molar-refractivity contribution in [1.29, 1.82) is 0 Å². The highest BCUT2D eigenvalue weighted by Gasteiger charge is 2.29. The average molecular weight is 301 g/mol. The van der Waals surface area contributed by atoms with Gasteiger partial charge in [0.05, 0.1) is 6.54 Å². The number of carbonyl (C=O) groups excluding carboxylic acids is 1. The fourth-order valence-electron chi connectivity index (χ4n) is 2.94. The van der Waals surface area contributed by atoms with Gasteiger partial charge in [-0.25, -0.2) is 0 Å². The van der Waals surface area contributed by atoms with Crippen LogP contribution in [0.2, 0.25) is 0 Å². The number of nitrogens with one attached hydrogen (secondary N) is 2. The Balaban J connectivity index is 1.42. The van der Waals surface area contributed by atoms with Gasteiger partial charge >= 0.3 is 0 Å². The largest absolute Gasteiger partial charge is 0.342 e. The van der Waals surface area contributed by atoms with Crippen molar-refractivity contribution in [3.05, 3.63) is 28.7 Å². The zero-order chi connectivity index (χ0) is 15.1. The molecule has 1 atom stereocenters. The predicted molar refractivity (Wildman–Crippen MR) is 77.2 cm³/mol. The molecule has 0 aliphatic heterocycles. The molecule has 2 aliphatic carbocycles. The molecule has 1 saturated carbocycles. The van der Waals surface area contributed by atoms with Gasteiger partial charge in [-0.3, -0.25) is 9.89 Å². The number of hydrogen-bond donors (Lipinski definition) is 2. The van der Waals surface area contributed by atoms with Crippen molar-refractivity contribution in [1.82, 2.24) is 25.7 Å². The second-order valence-corrected chi connectivity index (χ2v) is 6.38. The van der Waals surface area contributed by atoms with Crippen LogP contribution < -0.4 is 5.32 Å². The molecule has 0 bridgehead atoms. The molecule has 4 rings (SSSR count). The molecule has 0 aromatic carbocycles. The van der Waals surface area contributed by atoms with Gasteiger partial charge < -0.3 is 9.84 Å². The van der Waals surface area contributed by atoms with Crippen LogP contribution in [0.4, 0.5) is 0 Å². The maximum Gasteiger partial charge on any atom is 0.272 e. The SMILES string of the molecule is C[C@@H]1CCc2[nH]nc(C(=O)NCc3nc(C4CC4)no3)c2C1. The molecule has 2 N–H and O–H groups in total. The second kappa shape index (κ2) is 5.23. The molecule has 1 fully saturated rings. The molecule has 7 nitrogen and oxygen atoms in total. The van der Waals surface area contributed by atoms with E-state index in [2.05, 4.69) is 32.6 Å². The molecule has 2 aromatic rings. The van der Waals surface area contributed by atoms with E-state index in [1.54, 1.807) is 0 Å². The van der Waals surface area contributed by atoms with E-state index in [0.717, 1.165) is 49.2 Å². The first kappa shape index (κ1) is 13.5. The fraction of sp³-hybridized carbons (Fsp3) is 0.600. The Bertz CT molecular complexity index is 701. The lowest BCUT2D eigenvalue weighted by Crippen LogP contribution is -2.25. The van der Waals surface area contributed by atoms with Crippen LogP contribution in [0, 0.1) is 5.92 Å². The Labute approximate surface area is 127 Å². The second-order valence-electron chi connectivity index (χ2n) is 6.38. The van der Waals surface area contributed by atoms with Crippen LogP contribution in [0.5, 0.6) is 0 Å². The summed E-state index contributed by atoms with van der Waals surface area (Å²) in [7, 11) is 0. The smallest absolute Gasteiger partial charge is 0.272 e. The van der Waals surface area contributed by atoms with Crippen LogP contribution in [0.25, 0.3) is 0 Å². The number of rotatable bonds is 4. The van der Waals surface area contributed by atoms with Gasteiger partial charge in [-0.05, 0) is 38.0 Å². The van der Waals surface area contributed by atoms with Crippen molar-refractivity contribution in [2.24, 2.45) is 5.92 Å². The van der Waals surface area contributed by atoms with E-state index in [0.29, 0.717) is 23.4 Å². The van der Waals surface area contributed by atoms with Gasteiger partial charge in [0.1, 0.15) is 0 Å². The minimum atomic E-state index is -0.183. The molecular weight excluding hydrogens is 282 g/mol. The van der Waals surface area contributed by atoms with Crippen molar-refractivity contribution < 1.29 is 9.32 Å². The summed E-state index contributed by atoms with van der Waals surface area (Å²) in [6.07, 6.45) is 5.26. The van der Waals surface area contributed by atoms with Crippen molar-refractivity contribution >= 4 is 5.91 Å². The number of fused-ring (bicyclic) bond motifs is 1. The Morgan fingerprint density at radius 1 is 1.41 bits per heavy atom. The van der Waals surface area contributed by atoms with E-state index in [1.165, 1.54) is 0 Å². The molecule has 116 valence electrons. The summed E-state index contributed by atoms with van der Waals surface area (Å²) in [5.41, 5.74) is 2.65. The number of hydrogen-bond acceptors (Lipinski definition) is 5. The third kappa shape index (κ3) is 2.51. The van der Waals surface area contributed by atoms with Gasteiger partial charge in [0.15, 0.2) is 11.5 Å². The summed E-state index contributed by atoms with van der Waals surface area (Å²) in [6.45, 7) is 2.45.